The highest BCUT2D eigenvalue weighted by Crippen LogP contribution is 1.83. The highest BCUT2D eigenvalue weighted by Gasteiger charge is 2.05. The van der Waals surface area contributed by atoms with Gasteiger partial charge in [0.15, 0.2) is 0 Å². The summed E-state index contributed by atoms with van der Waals surface area (Å²) in [6, 6.07) is 0. The molecule has 0 radical (unpaired) electrons. The average molecular weight is 141 g/mol. The summed E-state index contributed by atoms with van der Waals surface area (Å²) in [6.07, 6.45) is 0. The second-order valence-corrected chi connectivity index (χ2v) is 2.80. The molecule has 0 spiro atoms. The fraction of sp³-hybridized carbons (Fsp3) is 1.00. The summed E-state index contributed by atoms with van der Waals surface area (Å²) in [5.74, 6) is 3.84. The van der Waals surface area contributed by atoms with Crippen molar-refractivity contribution in [1.82, 2.24) is 0 Å². The van der Waals surface area contributed by atoms with Gasteiger partial charge in [0, 0.05) is 0 Å². The minimum absolute atomic E-state index is 0.455. The number of hydrogen-bond acceptors (Lipinski definition) is 5. The lowest BCUT2D eigenvalue weighted by Gasteiger charge is -1.93. The van der Waals surface area contributed by atoms with Crippen LogP contribution in [0.25, 0.3) is 0 Å². The van der Waals surface area contributed by atoms with Crippen LogP contribution in [0.15, 0.2) is 0 Å². The molecule has 8 heavy (non-hydrogen) atoms. The van der Waals surface area contributed by atoms with Gasteiger partial charge in [-0.1, -0.05) is 0 Å². The third-order valence-corrected chi connectivity index (χ3v) is 1.46. The van der Waals surface area contributed by atoms with Crippen LogP contribution in [0.5, 0.6) is 0 Å². The Labute approximate surface area is 47.1 Å². The van der Waals surface area contributed by atoms with Crippen LogP contribution < -0.4 is 5.90 Å². The molecule has 0 aliphatic heterocycles. The third-order valence-electron chi connectivity index (χ3n) is 0.488. The Bertz CT molecular complexity index is 138. The summed E-state index contributed by atoms with van der Waals surface area (Å²) in [6.45, 7) is -0.473. The van der Waals surface area contributed by atoms with Crippen molar-refractivity contribution >= 4 is 10.1 Å². The maximum Gasteiger partial charge on any atom is 0.285 e. The van der Waals surface area contributed by atoms with Crippen molar-refractivity contribution in [2.24, 2.45) is 5.90 Å². The molecule has 0 aliphatic carbocycles. The van der Waals surface area contributed by atoms with Gasteiger partial charge in [-0.3, -0.25) is 0 Å². The van der Waals surface area contributed by atoms with E-state index in [0.717, 1.165) is 0 Å². The maximum absolute atomic E-state index is 10.1. The maximum atomic E-state index is 10.1. The van der Waals surface area contributed by atoms with Gasteiger partial charge in [-0.05, 0) is 0 Å². The molecule has 0 unspecified atom stereocenters. The normalized spacial score (nSPS) is 11.8. The largest absolute Gasteiger partial charge is 0.395 e. The van der Waals surface area contributed by atoms with E-state index >= 15 is 0 Å². The average Bonchev–Trinajstić information content (AvgIpc) is 1.67. The van der Waals surface area contributed by atoms with Crippen LogP contribution >= 0.6 is 0 Å². The molecule has 50 valence electrons. The van der Waals surface area contributed by atoms with Crippen LogP contribution in [0.1, 0.15) is 0 Å². The number of aliphatic hydroxyl groups excluding tert-OH is 1. The van der Waals surface area contributed by atoms with E-state index in [1.807, 2.05) is 0 Å². The van der Waals surface area contributed by atoms with E-state index < -0.39 is 22.5 Å². The van der Waals surface area contributed by atoms with Gasteiger partial charge in [-0.2, -0.15) is 18.6 Å². The Morgan fingerprint density at radius 1 is 1.62 bits per heavy atom. The zero-order chi connectivity index (χ0) is 6.62. The van der Waals surface area contributed by atoms with Crippen molar-refractivity contribution in [1.29, 1.82) is 0 Å². The van der Waals surface area contributed by atoms with Crippen LogP contribution in [0.3, 0.4) is 0 Å². The molecule has 6 heteroatoms. The molecular weight excluding hydrogens is 134 g/mol. The Morgan fingerprint density at radius 3 is 2.25 bits per heavy atom. The van der Waals surface area contributed by atoms with Gasteiger partial charge in [0.05, 0.1) is 6.61 Å². The van der Waals surface area contributed by atoms with Gasteiger partial charge in [0.1, 0.15) is 5.75 Å². The van der Waals surface area contributed by atoms with Gasteiger partial charge in [0.25, 0.3) is 10.1 Å². The lowest BCUT2D eigenvalue weighted by atomic mass is 10.9. The summed E-state index contributed by atoms with van der Waals surface area (Å²) in [5.41, 5.74) is 0. The van der Waals surface area contributed by atoms with E-state index in [0.29, 0.717) is 0 Å². The summed E-state index contributed by atoms with van der Waals surface area (Å²) in [5, 5.41) is 8.02. The Morgan fingerprint density at radius 2 is 2.12 bits per heavy atom. The fourth-order valence-electron chi connectivity index (χ4n) is 0.160. The zero-order valence-corrected chi connectivity index (χ0v) is 4.89. The van der Waals surface area contributed by atoms with Crippen molar-refractivity contribution in [3.8, 4) is 0 Å². The van der Waals surface area contributed by atoms with Gasteiger partial charge >= 0.3 is 0 Å². The lowest BCUT2D eigenvalue weighted by Crippen LogP contribution is -2.16. The van der Waals surface area contributed by atoms with Gasteiger partial charge in [-0.25, -0.2) is 0 Å². The third kappa shape index (κ3) is 2.92. The van der Waals surface area contributed by atoms with Crippen molar-refractivity contribution in [3.05, 3.63) is 0 Å². The minimum Gasteiger partial charge on any atom is -0.395 e. The zero-order valence-electron chi connectivity index (χ0n) is 4.07. The minimum atomic E-state index is -3.64. The topological polar surface area (TPSA) is 89.6 Å². The molecule has 0 saturated carbocycles. The van der Waals surface area contributed by atoms with E-state index in [-0.39, 0.29) is 0 Å². The van der Waals surface area contributed by atoms with Gasteiger partial charge in [0.2, 0.25) is 0 Å². The van der Waals surface area contributed by atoms with Crippen LogP contribution in [-0.4, -0.2) is 25.9 Å². The SMILES string of the molecule is NOS(=O)(=O)CCO. The smallest absolute Gasteiger partial charge is 0.285 e. The van der Waals surface area contributed by atoms with Crippen LogP contribution in [0.2, 0.25) is 0 Å². The monoisotopic (exact) mass is 141 g/mol. The summed E-state index contributed by atoms with van der Waals surface area (Å²) < 4.78 is 23.7. The highest BCUT2D eigenvalue weighted by atomic mass is 32.2. The van der Waals surface area contributed by atoms with Crippen molar-refractivity contribution in [3.63, 3.8) is 0 Å². The molecule has 0 aromatic carbocycles. The molecule has 0 heterocycles. The van der Waals surface area contributed by atoms with Crippen LogP contribution in [0.4, 0.5) is 0 Å². The molecule has 0 saturated heterocycles. The molecule has 0 atom stereocenters. The second kappa shape index (κ2) is 2.98. The summed E-state index contributed by atoms with van der Waals surface area (Å²) >= 11 is 0. The first kappa shape index (κ1) is 7.83. The van der Waals surface area contributed by atoms with Crippen molar-refractivity contribution < 1.29 is 17.8 Å². The molecule has 0 aromatic heterocycles. The van der Waals surface area contributed by atoms with E-state index in [1.54, 1.807) is 0 Å². The molecule has 5 nitrogen and oxygen atoms in total. The van der Waals surface area contributed by atoms with Crippen molar-refractivity contribution in [2.45, 2.75) is 0 Å². The van der Waals surface area contributed by atoms with Gasteiger partial charge in [-0.15, -0.1) is 0 Å². The molecule has 0 amide bonds. The molecule has 0 rings (SSSR count). The van der Waals surface area contributed by atoms with Crippen molar-refractivity contribution in [2.75, 3.05) is 12.4 Å². The predicted molar refractivity (Wildman–Crippen MR) is 26.1 cm³/mol. The molecule has 0 aliphatic rings. The summed E-state index contributed by atoms with van der Waals surface area (Å²) in [7, 11) is -3.64. The van der Waals surface area contributed by atoms with Crippen LogP contribution in [-0.2, 0) is 14.4 Å². The number of rotatable bonds is 3. The first-order chi connectivity index (χ1) is 3.62. The molecular formula is C2H7NO4S. The Hall–Kier alpha value is -0.170. The fourth-order valence-corrected chi connectivity index (χ4v) is 0.480. The second-order valence-electron chi connectivity index (χ2n) is 1.08. The molecule has 0 bridgehead atoms. The number of aliphatic hydroxyl groups is 1. The first-order valence-corrected chi connectivity index (χ1v) is 3.42. The van der Waals surface area contributed by atoms with E-state index in [4.69, 9.17) is 5.11 Å². The van der Waals surface area contributed by atoms with E-state index in [2.05, 4.69) is 10.2 Å². The highest BCUT2D eigenvalue weighted by molar-refractivity contribution is 7.86. The quantitative estimate of drug-likeness (QED) is 0.452. The van der Waals surface area contributed by atoms with Crippen LogP contribution in [0, 0.1) is 0 Å². The lowest BCUT2D eigenvalue weighted by molar-refractivity contribution is 0.296. The Kier molecular flexibility index (Phi) is 2.91. The first-order valence-electron chi connectivity index (χ1n) is 1.84. The predicted octanol–water partition coefficient (Wildman–Crippen LogP) is -1.80. The van der Waals surface area contributed by atoms with E-state index in [1.165, 1.54) is 0 Å². The number of hydrogen-bond donors (Lipinski definition) is 2. The molecule has 0 fully saturated rings. The summed E-state index contributed by atoms with van der Waals surface area (Å²) in [4.78, 5) is 0. The number of nitrogens with two attached hydrogens (primary N) is 1. The molecule has 0 aromatic rings. The standard InChI is InChI=1S/C2H7NO4S/c3-7-8(5,6)2-1-4/h4H,1-3H2. The Balaban J connectivity index is 3.76. The van der Waals surface area contributed by atoms with Gasteiger partial charge < -0.3 is 5.11 Å². The van der Waals surface area contributed by atoms with E-state index in [9.17, 15) is 8.42 Å². The molecule has 3 N–H and O–H groups in total.